The standard InChI is InChI=1S/C22H25N3O5/c1-28-17-12-19(30-3)18(29-2)10-14(17)15(11-20(23)26)21-16(24-25-22(21)27)9-13-7-5-4-6-8-13/h4-8,10,12,15H,9,11H2,1-3H3,(H2,23,26)(H2,24,25,27)/t15-/m0/s1. The molecule has 1 heterocycles. The number of H-pyrrole nitrogens is 2. The first-order valence-corrected chi connectivity index (χ1v) is 9.40. The van der Waals surface area contributed by atoms with Crippen molar-refractivity contribution in [2.24, 2.45) is 5.73 Å². The minimum atomic E-state index is -0.633. The monoisotopic (exact) mass is 411 g/mol. The van der Waals surface area contributed by atoms with Crippen LogP contribution in [0.2, 0.25) is 0 Å². The van der Waals surface area contributed by atoms with Crippen molar-refractivity contribution in [1.82, 2.24) is 10.2 Å². The van der Waals surface area contributed by atoms with Crippen molar-refractivity contribution in [2.45, 2.75) is 18.8 Å². The lowest BCUT2D eigenvalue weighted by atomic mass is 9.86. The molecule has 3 rings (SSSR count). The quantitative estimate of drug-likeness (QED) is 0.499. The van der Waals surface area contributed by atoms with Crippen LogP contribution in [0.4, 0.5) is 0 Å². The summed E-state index contributed by atoms with van der Waals surface area (Å²) in [6.07, 6.45) is 0.411. The van der Waals surface area contributed by atoms with E-state index in [4.69, 9.17) is 19.9 Å². The molecule has 8 heteroatoms. The molecule has 0 unspecified atom stereocenters. The molecular formula is C22H25N3O5. The molecule has 0 saturated heterocycles. The van der Waals surface area contributed by atoms with Gasteiger partial charge in [0.1, 0.15) is 5.75 Å². The minimum Gasteiger partial charge on any atom is -0.496 e. The summed E-state index contributed by atoms with van der Waals surface area (Å²) in [6.45, 7) is 0. The molecular weight excluding hydrogens is 386 g/mol. The van der Waals surface area contributed by atoms with Gasteiger partial charge in [-0.15, -0.1) is 0 Å². The molecule has 0 aliphatic rings. The summed E-state index contributed by atoms with van der Waals surface area (Å²) in [5.41, 5.74) is 7.97. The van der Waals surface area contributed by atoms with E-state index in [0.29, 0.717) is 40.5 Å². The van der Waals surface area contributed by atoms with Gasteiger partial charge in [0.25, 0.3) is 5.56 Å². The maximum absolute atomic E-state index is 12.8. The van der Waals surface area contributed by atoms with E-state index >= 15 is 0 Å². The predicted molar refractivity (Wildman–Crippen MR) is 112 cm³/mol. The highest BCUT2D eigenvalue weighted by atomic mass is 16.5. The largest absolute Gasteiger partial charge is 0.496 e. The molecule has 0 radical (unpaired) electrons. The van der Waals surface area contributed by atoms with E-state index in [0.717, 1.165) is 5.56 Å². The molecule has 158 valence electrons. The Morgan fingerprint density at radius 2 is 1.60 bits per heavy atom. The molecule has 8 nitrogen and oxygen atoms in total. The van der Waals surface area contributed by atoms with Gasteiger partial charge in [-0.3, -0.25) is 14.7 Å². The van der Waals surface area contributed by atoms with Gasteiger partial charge < -0.3 is 25.0 Å². The van der Waals surface area contributed by atoms with Crippen LogP contribution in [0.15, 0.2) is 47.3 Å². The normalized spacial score (nSPS) is 11.7. The van der Waals surface area contributed by atoms with Gasteiger partial charge in [0, 0.05) is 41.6 Å². The van der Waals surface area contributed by atoms with Gasteiger partial charge in [-0.05, 0) is 11.6 Å². The van der Waals surface area contributed by atoms with Crippen LogP contribution in [0.3, 0.4) is 0 Å². The summed E-state index contributed by atoms with van der Waals surface area (Å²) in [7, 11) is 4.55. The molecule has 0 bridgehead atoms. The van der Waals surface area contributed by atoms with Gasteiger partial charge in [-0.1, -0.05) is 30.3 Å². The van der Waals surface area contributed by atoms with Crippen molar-refractivity contribution in [3.63, 3.8) is 0 Å². The van der Waals surface area contributed by atoms with Crippen molar-refractivity contribution < 1.29 is 19.0 Å². The lowest BCUT2D eigenvalue weighted by Crippen LogP contribution is -2.21. The van der Waals surface area contributed by atoms with Crippen LogP contribution in [0.25, 0.3) is 0 Å². The van der Waals surface area contributed by atoms with E-state index in [-0.39, 0.29) is 12.0 Å². The third-order valence-corrected chi connectivity index (χ3v) is 4.99. The number of rotatable bonds is 9. The second kappa shape index (κ2) is 9.21. The second-order valence-corrected chi connectivity index (χ2v) is 6.81. The zero-order valence-corrected chi connectivity index (χ0v) is 17.2. The summed E-state index contributed by atoms with van der Waals surface area (Å²) in [5.74, 6) is 0.224. The molecule has 0 spiro atoms. The SMILES string of the molecule is COc1cc(OC)c([C@H](CC(N)=O)c2c(Cc3ccccc3)[nH][nH]c2=O)cc1OC. The van der Waals surface area contributed by atoms with E-state index in [1.165, 1.54) is 21.3 Å². The van der Waals surface area contributed by atoms with Gasteiger partial charge in [0.2, 0.25) is 5.91 Å². The molecule has 2 aromatic carbocycles. The van der Waals surface area contributed by atoms with Crippen LogP contribution < -0.4 is 25.5 Å². The number of nitrogens with one attached hydrogen (secondary N) is 2. The Balaban J connectivity index is 2.16. The number of aromatic amines is 2. The van der Waals surface area contributed by atoms with Crippen LogP contribution in [-0.4, -0.2) is 37.4 Å². The summed E-state index contributed by atoms with van der Waals surface area (Å²) in [5, 5.41) is 5.59. The summed E-state index contributed by atoms with van der Waals surface area (Å²) in [6, 6.07) is 13.1. The maximum atomic E-state index is 12.8. The molecule has 30 heavy (non-hydrogen) atoms. The summed E-state index contributed by atoms with van der Waals surface area (Å²) >= 11 is 0. The molecule has 0 fully saturated rings. The van der Waals surface area contributed by atoms with Crippen LogP contribution >= 0.6 is 0 Å². The molecule has 3 aromatic rings. The number of ether oxygens (including phenoxy) is 3. The Labute approximate surface area is 174 Å². The number of hydrogen-bond acceptors (Lipinski definition) is 5. The number of benzene rings is 2. The van der Waals surface area contributed by atoms with E-state index in [9.17, 15) is 9.59 Å². The Bertz CT molecular complexity index is 1070. The van der Waals surface area contributed by atoms with Gasteiger partial charge in [-0.2, -0.15) is 0 Å². The average Bonchev–Trinajstić information content (AvgIpc) is 3.11. The topological polar surface area (TPSA) is 119 Å². The number of nitrogens with two attached hydrogens (primary N) is 1. The third-order valence-electron chi connectivity index (χ3n) is 4.99. The van der Waals surface area contributed by atoms with E-state index in [1.54, 1.807) is 12.1 Å². The molecule has 0 aliphatic heterocycles. The third kappa shape index (κ3) is 4.32. The van der Waals surface area contributed by atoms with Crippen molar-refractivity contribution in [1.29, 1.82) is 0 Å². The van der Waals surface area contributed by atoms with E-state index in [1.807, 2.05) is 30.3 Å². The number of carbonyl (C=O) groups is 1. The molecule has 0 saturated carbocycles. The van der Waals surface area contributed by atoms with E-state index in [2.05, 4.69) is 10.2 Å². The molecule has 4 N–H and O–H groups in total. The first-order valence-electron chi connectivity index (χ1n) is 9.40. The number of methoxy groups -OCH3 is 3. The zero-order chi connectivity index (χ0) is 21.7. The number of hydrogen-bond donors (Lipinski definition) is 3. The fourth-order valence-electron chi connectivity index (χ4n) is 3.61. The highest BCUT2D eigenvalue weighted by molar-refractivity contribution is 5.76. The Hall–Kier alpha value is -3.68. The predicted octanol–water partition coefficient (Wildman–Crippen LogP) is 2.33. The van der Waals surface area contributed by atoms with Crippen molar-refractivity contribution in [3.8, 4) is 17.2 Å². The summed E-state index contributed by atoms with van der Waals surface area (Å²) < 4.78 is 16.3. The highest BCUT2D eigenvalue weighted by Crippen LogP contribution is 2.41. The second-order valence-electron chi connectivity index (χ2n) is 6.81. The number of amides is 1. The average molecular weight is 411 g/mol. The number of aromatic nitrogens is 2. The fourth-order valence-corrected chi connectivity index (χ4v) is 3.61. The molecule has 1 aromatic heterocycles. The van der Waals surface area contributed by atoms with Crippen LogP contribution in [-0.2, 0) is 11.2 Å². The van der Waals surface area contributed by atoms with Gasteiger partial charge in [-0.25, -0.2) is 0 Å². The maximum Gasteiger partial charge on any atom is 0.267 e. The lowest BCUT2D eigenvalue weighted by Gasteiger charge is -2.21. The van der Waals surface area contributed by atoms with Gasteiger partial charge in [0.15, 0.2) is 11.5 Å². The van der Waals surface area contributed by atoms with Crippen LogP contribution in [0.1, 0.15) is 34.7 Å². The van der Waals surface area contributed by atoms with Crippen LogP contribution in [0, 0.1) is 0 Å². The summed E-state index contributed by atoms with van der Waals surface area (Å²) in [4.78, 5) is 24.7. The van der Waals surface area contributed by atoms with E-state index < -0.39 is 11.8 Å². The Morgan fingerprint density at radius 1 is 0.967 bits per heavy atom. The number of primary amides is 1. The highest BCUT2D eigenvalue weighted by Gasteiger charge is 2.28. The lowest BCUT2D eigenvalue weighted by molar-refractivity contribution is -0.118. The van der Waals surface area contributed by atoms with Crippen molar-refractivity contribution in [2.75, 3.05) is 21.3 Å². The van der Waals surface area contributed by atoms with Crippen molar-refractivity contribution in [3.05, 3.63) is 75.2 Å². The first-order chi connectivity index (χ1) is 14.5. The van der Waals surface area contributed by atoms with Crippen LogP contribution in [0.5, 0.6) is 17.2 Å². The Kier molecular flexibility index (Phi) is 6.46. The van der Waals surface area contributed by atoms with Gasteiger partial charge in [0.05, 0.1) is 21.3 Å². The zero-order valence-electron chi connectivity index (χ0n) is 17.2. The smallest absolute Gasteiger partial charge is 0.267 e. The molecule has 1 amide bonds. The van der Waals surface area contributed by atoms with Gasteiger partial charge >= 0.3 is 0 Å². The molecule has 0 aliphatic carbocycles. The fraction of sp³-hybridized carbons (Fsp3) is 0.273. The van der Waals surface area contributed by atoms with Crippen molar-refractivity contribution >= 4 is 5.91 Å². The Morgan fingerprint density at radius 3 is 2.20 bits per heavy atom. The number of carbonyl (C=O) groups excluding carboxylic acids is 1. The minimum absolute atomic E-state index is 0.0748. The first kappa shape index (κ1) is 21.0. The molecule has 1 atom stereocenters.